The van der Waals surface area contributed by atoms with Gasteiger partial charge in [-0.2, -0.15) is 0 Å². The number of benzene rings is 6. The summed E-state index contributed by atoms with van der Waals surface area (Å²) in [6, 6.07) is 40.9. The molecule has 0 bridgehead atoms. The van der Waals surface area contributed by atoms with E-state index in [-0.39, 0.29) is 36.2 Å². The van der Waals surface area contributed by atoms with E-state index in [1.807, 2.05) is 103 Å². The van der Waals surface area contributed by atoms with E-state index in [1.54, 1.807) is 54.6 Å². The molecule has 2 aliphatic heterocycles. The molecule has 6 aromatic rings. The fraction of sp³-hybridized carbons (Fsp3) is 0.111. The Balaban J connectivity index is 0.000000162. The molecular weight excluding hydrogens is 882 g/mol. The van der Waals surface area contributed by atoms with Crippen molar-refractivity contribution in [3.63, 3.8) is 0 Å². The van der Waals surface area contributed by atoms with Crippen molar-refractivity contribution in [3.05, 3.63) is 223 Å². The van der Waals surface area contributed by atoms with Gasteiger partial charge in [0.25, 0.3) is 0 Å². The molecule has 316 valence electrons. The van der Waals surface area contributed by atoms with Crippen molar-refractivity contribution in [2.24, 2.45) is 0 Å². The smallest absolute Gasteiger partial charge is 0.240 e. The molecule has 10 rings (SSSR count). The molecule has 6 nitrogen and oxygen atoms in total. The SMILES string of the molecule is C=Cc1ccccc1C1=CC(=O)C[C@@H](c2cccc(Cl)c2)[C@]12C(=O)Nc1cc(Cl)ccc12.C=Cc1ccccc1C1=C[C@@]2(C(=O)Nc3cc(Cl)ccc32)[C@H](c2cccc(Cl)c2)CC1=O. The van der Waals surface area contributed by atoms with Crippen LogP contribution in [0.1, 0.15) is 69.2 Å². The minimum Gasteiger partial charge on any atom is -0.325 e. The first kappa shape index (κ1) is 43.0. The lowest BCUT2D eigenvalue weighted by atomic mass is 9.58. The van der Waals surface area contributed by atoms with Gasteiger partial charge >= 0.3 is 0 Å². The molecule has 0 radical (unpaired) electrons. The van der Waals surface area contributed by atoms with E-state index in [0.717, 1.165) is 44.5 Å². The van der Waals surface area contributed by atoms with Crippen LogP contribution in [-0.4, -0.2) is 23.4 Å². The zero-order chi connectivity index (χ0) is 44.9. The Labute approximate surface area is 390 Å². The van der Waals surface area contributed by atoms with Crippen LogP contribution in [0, 0.1) is 0 Å². The van der Waals surface area contributed by atoms with Crippen molar-refractivity contribution in [1.82, 2.24) is 0 Å². The van der Waals surface area contributed by atoms with Crippen LogP contribution in [0.25, 0.3) is 23.3 Å². The Kier molecular flexibility index (Phi) is 11.4. The number of allylic oxidation sites excluding steroid dienone is 2. The third kappa shape index (κ3) is 7.15. The lowest BCUT2D eigenvalue weighted by molar-refractivity contribution is -0.122. The fourth-order valence-corrected chi connectivity index (χ4v) is 10.8. The van der Waals surface area contributed by atoms with Crippen molar-refractivity contribution >= 4 is 104 Å². The number of hydrogen-bond donors (Lipinski definition) is 2. The van der Waals surface area contributed by atoms with Crippen molar-refractivity contribution in [1.29, 1.82) is 0 Å². The van der Waals surface area contributed by atoms with Gasteiger partial charge in [0.15, 0.2) is 11.6 Å². The topological polar surface area (TPSA) is 92.3 Å². The highest BCUT2D eigenvalue weighted by atomic mass is 35.5. The first-order valence-electron chi connectivity index (χ1n) is 20.6. The van der Waals surface area contributed by atoms with Crippen LogP contribution in [0.3, 0.4) is 0 Å². The highest BCUT2D eigenvalue weighted by Gasteiger charge is 2.58. The number of hydrogen-bond acceptors (Lipinski definition) is 4. The fourth-order valence-electron chi connectivity index (χ4n) is 10.0. The molecule has 0 unspecified atom stereocenters. The molecule has 0 saturated heterocycles. The van der Waals surface area contributed by atoms with Gasteiger partial charge in [-0.15, -0.1) is 0 Å². The predicted octanol–water partition coefficient (Wildman–Crippen LogP) is 13.3. The van der Waals surface area contributed by atoms with Crippen LogP contribution in [0.4, 0.5) is 11.4 Å². The molecule has 10 heteroatoms. The Morgan fingerprint density at radius 2 is 1.08 bits per heavy atom. The Morgan fingerprint density at radius 3 is 1.70 bits per heavy atom. The molecule has 4 atom stereocenters. The van der Waals surface area contributed by atoms with Crippen LogP contribution in [-0.2, 0) is 30.0 Å². The van der Waals surface area contributed by atoms with E-state index in [1.165, 1.54) is 0 Å². The lowest BCUT2D eigenvalue weighted by Gasteiger charge is -2.41. The maximum atomic E-state index is 13.9. The van der Waals surface area contributed by atoms with Crippen LogP contribution in [0.2, 0.25) is 20.1 Å². The molecule has 4 aliphatic rings. The van der Waals surface area contributed by atoms with E-state index in [2.05, 4.69) is 23.8 Å². The van der Waals surface area contributed by atoms with Crippen LogP contribution in [0.15, 0.2) is 159 Å². The second-order valence-electron chi connectivity index (χ2n) is 16.2. The monoisotopic (exact) mass is 918 g/mol. The summed E-state index contributed by atoms with van der Waals surface area (Å²) in [5.74, 6) is -1.27. The summed E-state index contributed by atoms with van der Waals surface area (Å²) in [5.41, 5.74) is 6.89. The molecule has 2 heterocycles. The maximum Gasteiger partial charge on any atom is 0.240 e. The highest BCUT2D eigenvalue weighted by Crippen LogP contribution is 2.59. The van der Waals surface area contributed by atoms with Crippen molar-refractivity contribution < 1.29 is 19.2 Å². The van der Waals surface area contributed by atoms with Crippen LogP contribution in [0.5, 0.6) is 0 Å². The summed E-state index contributed by atoms with van der Waals surface area (Å²) in [5, 5.41) is 8.21. The number of carbonyl (C=O) groups is 4. The van der Waals surface area contributed by atoms with E-state index in [4.69, 9.17) is 46.4 Å². The van der Waals surface area contributed by atoms with Crippen molar-refractivity contribution in [3.8, 4) is 0 Å². The number of nitrogens with one attached hydrogen (secondary N) is 2. The van der Waals surface area contributed by atoms with Gasteiger partial charge in [-0.1, -0.05) is 163 Å². The van der Waals surface area contributed by atoms with Gasteiger partial charge in [0, 0.05) is 61.7 Å². The van der Waals surface area contributed by atoms with E-state index >= 15 is 0 Å². The Hall–Kier alpha value is -6.28. The van der Waals surface area contributed by atoms with Crippen molar-refractivity contribution in [2.75, 3.05) is 10.6 Å². The minimum atomic E-state index is -1.11. The molecule has 64 heavy (non-hydrogen) atoms. The Bertz CT molecular complexity index is 3060. The van der Waals surface area contributed by atoms with E-state index in [9.17, 15) is 19.2 Å². The third-order valence-corrected chi connectivity index (χ3v) is 13.7. The first-order valence-corrected chi connectivity index (χ1v) is 22.1. The zero-order valence-corrected chi connectivity index (χ0v) is 37.2. The Morgan fingerprint density at radius 1 is 0.547 bits per heavy atom. The number of ketones is 2. The number of halogens is 4. The quantitative estimate of drug-likeness (QED) is 0.174. The number of anilines is 2. The highest BCUT2D eigenvalue weighted by molar-refractivity contribution is 6.33. The number of amides is 2. The number of carbonyl (C=O) groups excluding carboxylic acids is 4. The molecule has 6 aromatic carbocycles. The summed E-state index contributed by atoms with van der Waals surface area (Å²) >= 11 is 25.1. The van der Waals surface area contributed by atoms with Crippen LogP contribution >= 0.6 is 46.4 Å². The van der Waals surface area contributed by atoms with Crippen LogP contribution < -0.4 is 10.6 Å². The van der Waals surface area contributed by atoms with Crippen molar-refractivity contribution in [2.45, 2.75) is 35.5 Å². The van der Waals surface area contributed by atoms with Gasteiger partial charge in [0.1, 0.15) is 10.8 Å². The second kappa shape index (κ2) is 17.0. The molecule has 0 fully saturated rings. The summed E-state index contributed by atoms with van der Waals surface area (Å²) in [6.07, 6.45) is 7.28. The summed E-state index contributed by atoms with van der Waals surface area (Å²) in [7, 11) is 0. The van der Waals surface area contributed by atoms with E-state index in [0.29, 0.717) is 42.6 Å². The van der Waals surface area contributed by atoms with E-state index < -0.39 is 22.7 Å². The average molecular weight is 921 g/mol. The van der Waals surface area contributed by atoms with Gasteiger partial charge in [-0.25, -0.2) is 0 Å². The summed E-state index contributed by atoms with van der Waals surface area (Å²) < 4.78 is 0. The summed E-state index contributed by atoms with van der Waals surface area (Å²) in [4.78, 5) is 54.1. The normalized spacial score (nSPS) is 21.8. The van der Waals surface area contributed by atoms with Gasteiger partial charge in [-0.3, -0.25) is 19.2 Å². The molecule has 0 saturated carbocycles. The molecule has 2 aliphatic carbocycles. The molecular formula is C54H38Cl4N2O4. The van der Waals surface area contributed by atoms with Gasteiger partial charge in [-0.05, 0) is 105 Å². The minimum absolute atomic E-state index is 0.0230. The van der Waals surface area contributed by atoms with Gasteiger partial charge in [0.05, 0.1) is 0 Å². The molecule has 2 N–H and O–H groups in total. The standard InChI is InChI=1S/2C27H19Cl2NO2/c1-2-16-6-3-4-9-21(16)24-15-20(31)14-23(17-7-5-8-18(28)12-17)27(24)22-11-10-19(29)13-25(22)30-26(27)32;1-2-16-6-3-4-9-20(16)21-15-27(22-11-10-19(29)13-24(22)30-26(27)32)23(14-25(21)31)17-7-5-8-18(28)12-17/h2*2-13,15,23H,1,14H2,(H,30,32)/t2*23-,27-/m00/s1. The molecule has 0 aromatic heterocycles. The number of fused-ring (bicyclic) bond motifs is 4. The van der Waals surface area contributed by atoms with Gasteiger partial charge < -0.3 is 10.6 Å². The molecule has 2 spiro atoms. The molecule has 2 amide bonds. The average Bonchev–Trinajstić information content (AvgIpc) is 3.72. The van der Waals surface area contributed by atoms with Gasteiger partial charge in [0.2, 0.25) is 11.8 Å². The third-order valence-electron chi connectivity index (χ3n) is 12.8. The second-order valence-corrected chi connectivity index (χ2v) is 17.9. The largest absolute Gasteiger partial charge is 0.325 e. The zero-order valence-electron chi connectivity index (χ0n) is 34.1. The maximum absolute atomic E-state index is 13.9. The number of Topliss-reactive ketones (excluding diaryl/α,β-unsaturated/α-hetero) is 1. The summed E-state index contributed by atoms with van der Waals surface area (Å²) in [6.45, 7) is 7.82. The lowest BCUT2D eigenvalue weighted by Crippen LogP contribution is -2.45. The number of rotatable bonds is 6. The first-order chi connectivity index (χ1) is 30.9. The predicted molar refractivity (Wildman–Crippen MR) is 260 cm³/mol.